The molecule has 2 amide bonds. The summed E-state index contributed by atoms with van der Waals surface area (Å²) in [7, 11) is -1.52. The molecule has 0 atom stereocenters. The lowest BCUT2D eigenvalue weighted by atomic mass is 10.1. The Morgan fingerprint density at radius 3 is 2.50 bits per heavy atom. The number of urea groups is 1. The van der Waals surface area contributed by atoms with Crippen molar-refractivity contribution in [3.8, 4) is 11.5 Å². The van der Waals surface area contributed by atoms with Crippen molar-refractivity contribution < 1.29 is 35.2 Å². The molecule has 1 saturated heterocycles. The SMILES string of the molecule is Cn1ncc2ccc(N(Cc3ccc(-c4nnc(C(F)(F)F)o4)cc3F)C(=O)N3CCS(=O)(=O)CC3)cc21. The van der Waals surface area contributed by atoms with Crippen LogP contribution < -0.4 is 4.90 Å². The van der Waals surface area contributed by atoms with Gasteiger partial charge in [0.15, 0.2) is 9.84 Å². The number of hydrogen-bond donors (Lipinski definition) is 0. The van der Waals surface area contributed by atoms with E-state index >= 15 is 4.39 Å². The monoisotopic (exact) mass is 552 g/mol. The number of carbonyl (C=O) groups is 1. The van der Waals surface area contributed by atoms with Gasteiger partial charge in [-0.05, 0) is 30.3 Å². The van der Waals surface area contributed by atoms with Crippen LogP contribution in [0.15, 0.2) is 47.0 Å². The third kappa shape index (κ3) is 5.05. The van der Waals surface area contributed by atoms with Gasteiger partial charge in [-0.15, -0.1) is 10.2 Å². The Balaban J connectivity index is 1.47. The third-order valence-electron chi connectivity index (χ3n) is 6.19. The van der Waals surface area contributed by atoms with Gasteiger partial charge < -0.3 is 9.32 Å². The molecule has 0 N–H and O–H groups in total. The van der Waals surface area contributed by atoms with E-state index in [0.717, 1.165) is 11.5 Å². The van der Waals surface area contributed by atoms with Crippen LogP contribution in [0.2, 0.25) is 0 Å². The highest BCUT2D eigenvalue weighted by Gasteiger charge is 2.38. The fourth-order valence-electron chi connectivity index (χ4n) is 4.08. The van der Waals surface area contributed by atoms with Crippen molar-refractivity contribution in [1.82, 2.24) is 24.9 Å². The Hall–Kier alpha value is -4.01. The number of hydrogen-bond acceptors (Lipinski definition) is 7. The van der Waals surface area contributed by atoms with Gasteiger partial charge in [0.25, 0.3) is 0 Å². The Morgan fingerprint density at radius 2 is 1.84 bits per heavy atom. The van der Waals surface area contributed by atoms with E-state index in [1.54, 1.807) is 36.1 Å². The fourth-order valence-corrected chi connectivity index (χ4v) is 5.28. The molecular weight excluding hydrogens is 532 g/mol. The van der Waals surface area contributed by atoms with Gasteiger partial charge in [-0.25, -0.2) is 17.6 Å². The minimum Gasteiger partial charge on any atom is -0.413 e. The number of sulfone groups is 1. The largest absolute Gasteiger partial charge is 0.470 e. The maximum Gasteiger partial charge on any atom is 0.470 e. The minimum atomic E-state index is -4.84. The zero-order valence-corrected chi connectivity index (χ0v) is 20.6. The van der Waals surface area contributed by atoms with Crippen LogP contribution in [0.25, 0.3) is 22.4 Å². The van der Waals surface area contributed by atoms with Crippen LogP contribution in [-0.4, -0.2) is 63.9 Å². The number of rotatable bonds is 4. The van der Waals surface area contributed by atoms with E-state index in [9.17, 15) is 26.4 Å². The molecule has 10 nitrogen and oxygen atoms in total. The first-order valence-electron chi connectivity index (χ1n) is 11.3. The molecule has 4 aromatic rings. The van der Waals surface area contributed by atoms with Crippen LogP contribution in [0.1, 0.15) is 11.5 Å². The summed E-state index contributed by atoms with van der Waals surface area (Å²) in [6, 6.07) is 8.20. The molecule has 1 fully saturated rings. The number of anilines is 1. The first kappa shape index (κ1) is 25.6. The predicted molar refractivity (Wildman–Crippen MR) is 127 cm³/mol. The second-order valence-corrected chi connectivity index (χ2v) is 11.0. The molecule has 38 heavy (non-hydrogen) atoms. The average molecular weight is 553 g/mol. The highest BCUT2D eigenvalue weighted by Crippen LogP contribution is 2.31. The molecule has 0 saturated carbocycles. The van der Waals surface area contributed by atoms with Crippen LogP contribution in [0.3, 0.4) is 0 Å². The zero-order valence-electron chi connectivity index (χ0n) is 19.8. The van der Waals surface area contributed by atoms with E-state index in [1.165, 1.54) is 21.9 Å². The smallest absolute Gasteiger partial charge is 0.413 e. The third-order valence-corrected chi connectivity index (χ3v) is 7.80. The minimum absolute atomic E-state index is 0.00819. The maximum atomic E-state index is 15.2. The molecule has 2 aromatic carbocycles. The summed E-state index contributed by atoms with van der Waals surface area (Å²) >= 11 is 0. The molecule has 3 heterocycles. The number of fused-ring (bicyclic) bond motifs is 1. The molecule has 1 aliphatic heterocycles. The van der Waals surface area contributed by atoms with E-state index in [1.807, 2.05) is 0 Å². The van der Waals surface area contributed by atoms with Gasteiger partial charge in [-0.1, -0.05) is 6.07 Å². The number of benzene rings is 2. The second-order valence-electron chi connectivity index (χ2n) is 8.74. The summed E-state index contributed by atoms with van der Waals surface area (Å²) < 4.78 is 83.5. The van der Waals surface area contributed by atoms with E-state index in [0.29, 0.717) is 11.2 Å². The second kappa shape index (κ2) is 9.38. The first-order chi connectivity index (χ1) is 17.9. The van der Waals surface area contributed by atoms with Crippen LogP contribution in [0.5, 0.6) is 0 Å². The summed E-state index contributed by atoms with van der Waals surface area (Å²) in [6.07, 6.45) is -3.19. The number of aryl methyl sites for hydroxylation is 1. The number of aromatic nitrogens is 4. The van der Waals surface area contributed by atoms with Crippen LogP contribution in [0.4, 0.5) is 28.0 Å². The molecule has 2 aromatic heterocycles. The number of halogens is 4. The maximum absolute atomic E-state index is 15.2. The Labute approximate surface area is 213 Å². The van der Waals surface area contributed by atoms with E-state index in [2.05, 4.69) is 19.7 Å². The molecule has 15 heteroatoms. The quantitative estimate of drug-likeness (QED) is 0.355. The van der Waals surface area contributed by atoms with Crippen LogP contribution in [-0.2, 0) is 29.6 Å². The predicted octanol–water partition coefficient (Wildman–Crippen LogP) is 3.64. The van der Waals surface area contributed by atoms with E-state index in [4.69, 9.17) is 0 Å². The van der Waals surface area contributed by atoms with Crippen molar-refractivity contribution in [3.63, 3.8) is 0 Å². The summed E-state index contributed by atoms with van der Waals surface area (Å²) in [5.41, 5.74) is 1.14. The van der Waals surface area contributed by atoms with Gasteiger partial charge in [0.05, 0.1) is 29.8 Å². The number of carbonyl (C=O) groups excluding carboxylic acids is 1. The highest BCUT2D eigenvalue weighted by molar-refractivity contribution is 7.91. The molecule has 0 aliphatic carbocycles. The highest BCUT2D eigenvalue weighted by atomic mass is 32.2. The van der Waals surface area contributed by atoms with E-state index in [-0.39, 0.29) is 42.3 Å². The Kier molecular flexibility index (Phi) is 6.33. The van der Waals surface area contributed by atoms with Crippen molar-refractivity contribution in [1.29, 1.82) is 0 Å². The van der Waals surface area contributed by atoms with Crippen LogP contribution in [0, 0.1) is 5.82 Å². The van der Waals surface area contributed by atoms with Crippen molar-refractivity contribution in [2.24, 2.45) is 7.05 Å². The van der Waals surface area contributed by atoms with Crippen molar-refractivity contribution >= 4 is 32.5 Å². The number of amides is 2. The van der Waals surface area contributed by atoms with Gasteiger partial charge in [-0.2, -0.15) is 18.3 Å². The molecule has 200 valence electrons. The molecule has 0 unspecified atom stereocenters. The summed E-state index contributed by atoms with van der Waals surface area (Å²) in [4.78, 5) is 16.2. The van der Waals surface area contributed by atoms with Crippen molar-refractivity contribution in [2.75, 3.05) is 29.5 Å². The lowest BCUT2D eigenvalue weighted by Gasteiger charge is -2.33. The average Bonchev–Trinajstić information content (AvgIpc) is 3.50. The Morgan fingerprint density at radius 1 is 1.11 bits per heavy atom. The van der Waals surface area contributed by atoms with E-state index < -0.39 is 39.6 Å². The molecule has 1 aliphatic rings. The Bertz CT molecular complexity index is 1620. The topological polar surface area (TPSA) is 114 Å². The normalized spacial score (nSPS) is 15.7. The molecule has 0 bridgehead atoms. The molecule has 0 radical (unpaired) electrons. The van der Waals surface area contributed by atoms with Gasteiger partial charge in [0.2, 0.25) is 5.89 Å². The standard InChI is InChI=1S/C23H20F4N6O4S/c1-31-19-11-17(5-4-15(19)12-28-31)33(22(34)32-6-8-38(35,36)9-7-32)13-16-3-2-14(10-18(16)24)20-29-30-21(37-20)23(25,26)27/h2-5,10-12H,6-9,13H2,1H3. The fraction of sp³-hybridized carbons (Fsp3) is 0.304. The van der Waals surface area contributed by atoms with Gasteiger partial charge in [-0.3, -0.25) is 9.58 Å². The van der Waals surface area contributed by atoms with Gasteiger partial charge in [0.1, 0.15) is 5.82 Å². The number of nitrogens with zero attached hydrogens (tertiary/aromatic N) is 6. The lowest BCUT2D eigenvalue weighted by Crippen LogP contribution is -2.49. The molecule has 0 spiro atoms. The first-order valence-corrected chi connectivity index (χ1v) is 13.1. The number of alkyl halides is 3. The van der Waals surface area contributed by atoms with Gasteiger partial charge >= 0.3 is 18.1 Å². The van der Waals surface area contributed by atoms with Crippen molar-refractivity contribution in [3.05, 3.63) is 59.9 Å². The molecule has 5 rings (SSSR count). The van der Waals surface area contributed by atoms with Crippen molar-refractivity contribution in [2.45, 2.75) is 12.7 Å². The summed E-state index contributed by atoms with van der Waals surface area (Å²) in [6.45, 7) is -0.257. The lowest BCUT2D eigenvalue weighted by molar-refractivity contribution is -0.156. The molecular formula is C23H20F4N6O4S. The zero-order chi connectivity index (χ0) is 27.2. The summed E-state index contributed by atoms with van der Waals surface area (Å²) in [5.74, 6) is -3.23. The van der Waals surface area contributed by atoms with Gasteiger partial charge in [0, 0.05) is 42.3 Å². The summed E-state index contributed by atoms with van der Waals surface area (Å²) in [5, 5.41) is 11.3. The van der Waals surface area contributed by atoms with Crippen LogP contribution >= 0.6 is 0 Å².